The van der Waals surface area contributed by atoms with Gasteiger partial charge in [-0.2, -0.15) is 0 Å². The minimum absolute atomic E-state index is 0.187. The molecule has 1 saturated heterocycles. The molecule has 41 heavy (non-hydrogen) atoms. The lowest BCUT2D eigenvalue weighted by Gasteiger charge is -2.16. The molecular formula is C34H37NO6. The molecule has 0 saturated carbocycles. The Hall–Kier alpha value is -4.39. The first kappa shape index (κ1) is 29.6. The number of methoxy groups -OCH3 is 1. The van der Waals surface area contributed by atoms with Gasteiger partial charge in [0, 0.05) is 25.1 Å². The molecule has 1 fully saturated rings. The second kappa shape index (κ2) is 14.8. The zero-order chi connectivity index (χ0) is 29.0. The predicted octanol–water partition coefficient (Wildman–Crippen LogP) is 6.07. The third-order valence-electron chi connectivity index (χ3n) is 7.35. The van der Waals surface area contributed by atoms with Crippen molar-refractivity contribution in [1.29, 1.82) is 0 Å². The minimum Gasteiger partial charge on any atom is -0.493 e. The smallest absolute Gasteiger partial charge is 0.337 e. The van der Waals surface area contributed by atoms with Crippen molar-refractivity contribution in [2.24, 2.45) is 5.92 Å². The molecule has 7 nitrogen and oxygen atoms in total. The maximum atomic E-state index is 11.9. The molecule has 0 aromatic heterocycles. The van der Waals surface area contributed by atoms with Crippen LogP contribution < -0.4 is 4.74 Å². The Morgan fingerprint density at radius 3 is 2.37 bits per heavy atom. The number of likely N-dealkylation sites (tertiary alicyclic amines) is 1. The van der Waals surface area contributed by atoms with Crippen LogP contribution in [0.25, 0.3) is 6.08 Å². The standard InChI is InChI=1S/C34H37NO6/c1-40-34(39)30-19-14-27(15-20-30)24-26(10-9-25-11-17-29(18-12-25)33(37)38)13-16-28-6-2-3-7-31(28)41-23-5-22-35-21-4-8-32(35)36/h2-3,6-7,11-20,26H,4-5,8-10,21-24H2,1H3,(H,37,38). The van der Waals surface area contributed by atoms with E-state index in [0.717, 1.165) is 67.6 Å². The Bertz CT molecular complexity index is 1350. The summed E-state index contributed by atoms with van der Waals surface area (Å²) < 4.78 is 10.9. The highest BCUT2D eigenvalue weighted by Gasteiger charge is 2.19. The summed E-state index contributed by atoms with van der Waals surface area (Å²) in [7, 11) is 1.37. The van der Waals surface area contributed by atoms with Gasteiger partial charge in [0.2, 0.25) is 5.91 Å². The molecule has 214 valence electrons. The van der Waals surface area contributed by atoms with Gasteiger partial charge in [-0.05, 0) is 79.5 Å². The van der Waals surface area contributed by atoms with Gasteiger partial charge >= 0.3 is 11.9 Å². The number of nitrogens with zero attached hydrogens (tertiary/aromatic N) is 1. The number of carbonyl (C=O) groups excluding carboxylic acids is 2. The van der Waals surface area contributed by atoms with Crippen molar-refractivity contribution in [3.8, 4) is 5.75 Å². The van der Waals surface area contributed by atoms with Gasteiger partial charge in [0.1, 0.15) is 5.75 Å². The van der Waals surface area contributed by atoms with Crippen LogP contribution in [-0.2, 0) is 22.4 Å². The van der Waals surface area contributed by atoms with Crippen molar-refractivity contribution in [2.75, 3.05) is 26.8 Å². The highest BCUT2D eigenvalue weighted by Crippen LogP contribution is 2.24. The van der Waals surface area contributed by atoms with Crippen molar-refractivity contribution in [3.05, 3.63) is 107 Å². The van der Waals surface area contributed by atoms with E-state index >= 15 is 0 Å². The lowest BCUT2D eigenvalue weighted by atomic mass is 9.91. The number of para-hydroxylation sites is 1. The molecule has 1 amide bonds. The lowest BCUT2D eigenvalue weighted by Crippen LogP contribution is -2.26. The molecule has 1 heterocycles. The number of carboxylic acids is 1. The monoisotopic (exact) mass is 555 g/mol. The van der Waals surface area contributed by atoms with Crippen molar-refractivity contribution in [3.63, 3.8) is 0 Å². The van der Waals surface area contributed by atoms with Crippen molar-refractivity contribution in [2.45, 2.75) is 38.5 Å². The number of aryl methyl sites for hydroxylation is 1. The number of benzene rings is 3. The molecule has 1 aliphatic heterocycles. The summed E-state index contributed by atoms with van der Waals surface area (Å²) in [4.78, 5) is 36.8. The fourth-order valence-corrected chi connectivity index (χ4v) is 5.00. The van der Waals surface area contributed by atoms with Gasteiger partial charge in [0.15, 0.2) is 0 Å². The molecule has 1 aliphatic rings. The highest BCUT2D eigenvalue weighted by atomic mass is 16.5. The fourth-order valence-electron chi connectivity index (χ4n) is 5.00. The number of hydrogen-bond acceptors (Lipinski definition) is 5. The highest BCUT2D eigenvalue weighted by molar-refractivity contribution is 5.89. The van der Waals surface area contributed by atoms with Crippen LogP contribution >= 0.6 is 0 Å². The van der Waals surface area contributed by atoms with Crippen LogP contribution in [0.4, 0.5) is 0 Å². The second-order valence-corrected chi connectivity index (χ2v) is 10.3. The first-order chi connectivity index (χ1) is 19.9. The van der Waals surface area contributed by atoms with E-state index < -0.39 is 5.97 Å². The van der Waals surface area contributed by atoms with Crippen LogP contribution in [0.2, 0.25) is 0 Å². The summed E-state index contributed by atoms with van der Waals surface area (Å²) in [6.07, 6.45) is 9.10. The number of carboxylic acid groups (broad SMARTS) is 1. The van der Waals surface area contributed by atoms with E-state index in [1.165, 1.54) is 7.11 Å². The summed E-state index contributed by atoms with van der Waals surface area (Å²) in [6, 6.07) is 22.4. The number of esters is 1. The number of aromatic carboxylic acids is 1. The first-order valence-corrected chi connectivity index (χ1v) is 14.1. The van der Waals surface area contributed by atoms with E-state index in [4.69, 9.17) is 9.47 Å². The summed E-state index contributed by atoms with van der Waals surface area (Å²) in [5.74, 6) is -0.0638. The Labute approximate surface area is 241 Å². The van der Waals surface area contributed by atoms with Crippen LogP contribution in [0.3, 0.4) is 0 Å². The molecule has 1 N–H and O–H groups in total. The van der Waals surface area contributed by atoms with Gasteiger partial charge in [0.05, 0.1) is 24.8 Å². The summed E-state index contributed by atoms with van der Waals surface area (Å²) in [6.45, 7) is 2.10. The largest absolute Gasteiger partial charge is 0.493 e. The molecule has 7 heteroatoms. The van der Waals surface area contributed by atoms with E-state index in [1.807, 2.05) is 53.4 Å². The minimum atomic E-state index is -0.932. The first-order valence-electron chi connectivity index (χ1n) is 14.1. The van der Waals surface area contributed by atoms with Gasteiger partial charge in [-0.15, -0.1) is 0 Å². The molecule has 0 radical (unpaired) electrons. The maximum absolute atomic E-state index is 11.9. The van der Waals surface area contributed by atoms with Crippen LogP contribution in [0.5, 0.6) is 5.75 Å². The van der Waals surface area contributed by atoms with Crippen LogP contribution in [0.1, 0.15) is 63.1 Å². The third-order valence-corrected chi connectivity index (χ3v) is 7.35. The molecule has 4 rings (SSSR count). The van der Waals surface area contributed by atoms with Crippen LogP contribution in [0.15, 0.2) is 78.9 Å². The number of allylic oxidation sites excluding steroid dienone is 1. The summed E-state index contributed by atoms with van der Waals surface area (Å²) in [5, 5.41) is 9.19. The summed E-state index contributed by atoms with van der Waals surface area (Å²) >= 11 is 0. The average molecular weight is 556 g/mol. The SMILES string of the molecule is COC(=O)c1ccc(CC(C=Cc2ccccc2OCCCN2CCCC2=O)CCc2ccc(C(=O)O)cc2)cc1. The topological polar surface area (TPSA) is 93.1 Å². The molecule has 1 atom stereocenters. The van der Waals surface area contributed by atoms with E-state index in [2.05, 4.69) is 12.2 Å². The average Bonchev–Trinajstić information content (AvgIpc) is 3.41. The quantitative estimate of drug-likeness (QED) is 0.192. The predicted molar refractivity (Wildman–Crippen MR) is 158 cm³/mol. The Balaban J connectivity index is 1.43. The van der Waals surface area contributed by atoms with Gasteiger partial charge < -0.3 is 19.5 Å². The van der Waals surface area contributed by atoms with E-state index in [9.17, 15) is 19.5 Å². The van der Waals surface area contributed by atoms with Gasteiger partial charge in [-0.1, -0.05) is 54.6 Å². The molecule has 0 aliphatic carbocycles. The molecule has 3 aromatic rings. The third kappa shape index (κ3) is 8.80. The molecular weight excluding hydrogens is 518 g/mol. The van der Waals surface area contributed by atoms with Crippen molar-refractivity contribution in [1.82, 2.24) is 4.90 Å². The van der Waals surface area contributed by atoms with Crippen LogP contribution in [-0.4, -0.2) is 54.7 Å². The molecule has 0 bridgehead atoms. The number of hydrogen-bond donors (Lipinski definition) is 1. The number of ether oxygens (including phenoxy) is 2. The van der Waals surface area contributed by atoms with Gasteiger partial charge in [-0.25, -0.2) is 9.59 Å². The van der Waals surface area contributed by atoms with Gasteiger partial charge in [0.25, 0.3) is 0 Å². The van der Waals surface area contributed by atoms with Crippen molar-refractivity contribution < 1.29 is 29.0 Å². The van der Waals surface area contributed by atoms with E-state index in [1.54, 1.807) is 24.3 Å². The Morgan fingerprint density at radius 2 is 1.68 bits per heavy atom. The van der Waals surface area contributed by atoms with Crippen LogP contribution in [0, 0.1) is 5.92 Å². The number of amides is 1. The number of rotatable bonds is 14. The number of carbonyl (C=O) groups is 3. The fraction of sp³-hybridized carbons (Fsp3) is 0.324. The Morgan fingerprint density at radius 1 is 0.976 bits per heavy atom. The zero-order valence-corrected chi connectivity index (χ0v) is 23.5. The molecule has 3 aromatic carbocycles. The second-order valence-electron chi connectivity index (χ2n) is 10.3. The van der Waals surface area contributed by atoms with E-state index in [0.29, 0.717) is 18.6 Å². The Kier molecular flexibility index (Phi) is 10.7. The lowest BCUT2D eigenvalue weighted by molar-refractivity contribution is -0.127. The van der Waals surface area contributed by atoms with Gasteiger partial charge in [-0.3, -0.25) is 4.79 Å². The zero-order valence-electron chi connectivity index (χ0n) is 23.5. The van der Waals surface area contributed by atoms with E-state index in [-0.39, 0.29) is 23.4 Å². The van der Waals surface area contributed by atoms with Crippen molar-refractivity contribution >= 4 is 23.9 Å². The maximum Gasteiger partial charge on any atom is 0.337 e. The normalized spacial score (nSPS) is 13.9. The summed E-state index contributed by atoms with van der Waals surface area (Å²) in [5.41, 5.74) is 3.97. The molecule has 1 unspecified atom stereocenters. The molecule has 0 spiro atoms.